The van der Waals surface area contributed by atoms with Crippen molar-refractivity contribution in [3.63, 3.8) is 0 Å². The van der Waals surface area contributed by atoms with Crippen molar-refractivity contribution in [1.29, 1.82) is 0 Å². The molecule has 0 saturated heterocycles. The summed E-state index contributed by atoms with van der Waals surface area (Å²) in [6.07, 6.45) is 5.15. The maximum Gasteiger partial charge on any atom is 0.127 e. The van der Waals surface area contributed by atoms with Crippen LogP contribution in [0.4, 0.5) is 5.82 Å². The number of rotatable bonds is 2. The molecule has 1 saturated carbocycles. The van der Waals surface area contributed by atoms with Gasteiger partial charge < -0.3 is 5.73 Å². The summed E-state index contributed by atoms with van der Waals surface area (Å²) >= 11 is 0. The molecule has 0 radical (unpaired) electrons. The van der Waals surface area contributed by atoms with E-state index in [1.807, 2.05) is 10.7 Å². The maximum atomic E-state index is 6.08. The van der Waals surface area contributed by atoms with Crippen molar-refractivity contribution in [2.24, 2.45) is 0 Å². The van der Waals surface area contributed by atoms with Crippen LogP contribution in [0.25, 0.3) is 5.69 Å². The zero-order valence-electron chi connectivity index (χ0n) is 11.2. The van der Waals surface area contributed by atoms with Crippen molar-refractivity contribution < 1.29 is 0 Å². The van der Waals surface area contributed by atoms with Crippen LogP contribution in [0.15, 0.2) is 30.3 Å². The molecule has 0 spiro atoms. The van der Waals surface area contributed by atoms with Gasteiger partial charge in [0, 0.05) is 12.0 Å². The van der Waals surface area contributed by atoms with Crippen LogP contribution in [0.2, 0.25) is 0 Å². The lowest BCUT2D eigenvalue weighted by Crippen LogP contribution is -2.02. The molecule has 0 aliphatic heterocycles. The van der Waals surface area contributed by atoms with Crippen LogP contribution in [0.3, 0.4) is 0 Å². The van der Waals surface area contributed by atoms with Crippen molar-refractivity contribution in [2.75, 3.05) is 5.73 Å². The zero-order valence-corrected chi connectivity index (χ0v) is 12.0. The van der Waals surface area contributed by atoms with Crippen LogP contribution in [0, 0.1) is 6.92 Å². The largest absolute Gasteiger partial charge is 0.384 e. The Morgan fingerprint density at radius 3 is 2.42 bits per heavy atom. The first kappa shape index (κ1) is 13.9. The Labute approximate surface area is 120 Å². The lowest BCUT2D eigenvalue weighted by Gasteiger charge is -2.05. The van der Waals surface area contributed by atoms with Gasteiger partial charge in [-0.3, -0.25) is 0 Å². The summed E-state index contributed by atoms with van der Waals surface area (Å²) in [7, 11) is 0. The van der Waals surface area contributed by atoms with Gasteiger partial charge in [-0.15, -0.1) is 12.4 Å². The standard InChI is InChI=1S/C15H19N3.ClH/c1-11-6-8-13(9-7-11)18-15(16)10-14(17-18)12-4-2-3-5-12;/h6-10,12H,2-5,16H2,1H3;1H. The van der Waals surface area contributed by atoms with Gasteiger partial charge in [-0.25, -0.2) is 4.68 Å². The van der Waals surface area contributed by atoms with Gasteiger partial charge in [0.25, 0.3) is 0 Å². The highest BCUT2D eigenvalue weighted by Crippen LogP contribution is 2.34. The molecule has 2 aromatic rings. The van der Waals surface area contributed by atoms with Crippen LogP contribution in [-0.2, 0) is 0 Å². The van der Waals surface area contributed by atoms with E-state index in [2.05, 4.69) is 36.3 Å². The number of halogens is 1. The molecule has 4 heteroatoms. The second-order valence-electron chi connectivity index (χ2n) is 5.22. The molecule has 0 unspecified atom stereocenters. The number of hydrogen-bond acceptors (Lipinski definition) is 2. The highest BCUT2D eigenvalue weighted by Gasteiger charge is 2.20. The molecular formula is C15H20ClN3. The van der Waals surface area contributed by atoms with E-state index in [1.165, 1.54) is 31.2 Å². The summed E-state index contributed by atoms with van der Waals surface area (Å²) in [5.74, 6) is 1.35. The van der Waals surface area contributed by atoms with Crippen LogP contribution >= 0.6 is 12.4 Å². The predicted molar refractivity (Wildman–Crippen MR) is 81.2 cm³/mol. The van der Waals surface area contributed by atoms with Gasteiger partial charge >= 0.3 is 0 Å². The van der Waals surface area contributed by atoms with Crippen LogP contribution in [0.5, 0.6) is 0 Å². The summed E-state index contributed by atoms with van der Waals surface area (Å²) in [6.45, 7) is 2.08. The Bertz CT molecular complexity index is 539. The number of aryl methyl sites for hydroxylation is 1. The highest BCUT2D eigenvalue weighted by atomic mass is 35.5. The van der Waals surface area contributed by atoms with Crippen LogP contribution < -0.4 is 5.73 Å². The molecule has 3 nitrogen and oxygen atoms in total. The Kier molecular flexibility index (Phi) is 4.15. The van der Waals surface area contributed by atoms with E-state index < -0.39 is 0 Å². The number of hydrogen-bond donors (Lipinski definition) is 1. The van der Waals surface area contributed by atoms with E-state index in [0.717, 1.165) is 17.2 Å². The molecule has 19 heavy (non-hydrogen) atoms. The molecule has 1 aliphatic carbocycles. The van der Waals surface area contributed by atoms with E-state index in [4.69, 9.17) is 5.73 Å². The van der Waals surface area contributed by atoms with E-state index in [1.54, 1.807) is 0 Å². The molecule has 102 valence electrons. The lowest BCUT2D eigenvalue weighted by atomic mass is 10.1. The molecular weight excluding hydrogens is 258 g/mol. The minimum atomic E-state index is 0. The lowest BCUT2D eigenvalue weighted by molar-refractivity contribution is 0.679. The average molecular weight is 278 g/mol. The summed E-state index contributed by atoms with van der Waals surface area (Å²) in [5, 5.41) is 4.68. The summed E-state index contributed by atoms with van der Waals surface area (Å²) in [6, 6.07) is 10.3. The zero-order chi connectivity index (χ0) is 12.5. The number of nitrogens with zero attached hydrogens (tertiary/aromatic N) is 2. The second-order valence-corrected chi connectivity index (χ2v) is 5.22. The predicted octanol–water partition coefficient (Wildman–Crippen LogP) is 3.84. The molecule has 1 aromatic carbocycles. The van der Waals surface area contributed by atoms with Gasteiger partial charge in [0.1, 0.15) is 5.82 Å². The third-order valence-electron chi connectivity index (χ3n) is 3.81. The van der Waals surface area contributed by atoms with Gasteiger partial charge in [-0.05, 0) is 31.9 Å². The van der Waals surface area contributed by atoms with Crippen molar-refractivity contribution in [3.8, 4) is 5.69 Å². The van der Waals surface area contributed by atoms with Gasteiger partial charge in [0.15, 0.2) is 0 Å². The smallest absolute Gasteiger partial charge is 0.127 e. The highest BCUT2D eigenvalue weighted by molar-refractivity contribution is 5.85. The molecule has 1 fully saturated rings. The number of anilines is 1. The fourth-order valence-electron chi connectivity index (χ4n) is 2.73. The van der Waals surface area contributed by atoms with Crippen molar-refractivity contribution >= 4 is 18.2 Å². The van der Waals surface area contributed by atoms with E-state index in [-0.39, 0.29) is 12.4 Å². The number of benzene rings is 1. The third-order valence-corrected chi connectivity index (χ3v) is 3.81. The quantitative estimate of drug-likeness (QED) is 0.906. The Balaban J connectivity index is 0.00000133. The fraction of sp³-hybridized carbons (Fsp3) is 0.400. The average Bonchev–Trinajstić information content (AvgIpc) is 2.99. The fourth-order valence-corrected chi connectivity index (χ4v) is 2.73. The van der Waals surface area contributed by atoms with Crippen molar-refractivity contribution in [1.82, 2.24) is 9.78 Å². The Morgan fingerprint density at radius 1 is 1.16 bits per heavy atom. The first-order valence-corrected chi connectivity index (χ1v) is 6.66. The normalized spacial score (nSPS) is 15.4. The van der Waals surface area contributed by atoms with E-state index in [0.29, 0.717) is 5.92 Å². The molecule has 0 bridgehead atoms. The molecule has 1 aliphatic rings. The van der Waals surface area contributed by atoms with Crippen LogP contribution in [-0.4, -0.2) is 9.78 Å². The first-order chi connectivity index (χ1) is 8.74. The minimum Gasteiger partial charge on any atom is -0.384 e. The van der Waals surface area contributed by atoms with Crippen LogP contribution in [0.1, 0.15) is 42.9 Å². The van der Waals surface area contributed by atoms with Gasteiger partial charge in [0.2, 0.25) is 0 Å². The number of aromatic nitrogens is 2. The SMILES string of the molecule is Cc1ccc(-n2nc(C3CCCC3)cc2N)cc1.Cl. The monoisotopic (exact) mass is 277 g/mol. The molecule has 0 atom stereocenters. The molecule has 1 aromatic heterocycles. The molecule has 1 heterocycles. The molecule has 0 amide bonds. The van der Waals surface area contributed by atoms with Crippen molar-refractivity contribution in [3.05, 3.63) is 41.6 Å². The minimum absolute atomic E-state index is 0. The van der Waals surface area contributed by atoms with E-state index in [9.17, 15) is 0 Å². The Hall–Kier alpha value is -1.48. The van der Waals surface area contributed by atoms with Gasteiger partial charge in [0.05, 0.1) is 11.4 Å². The second kappa shape index (κ2) is 5.66. The Morgan fingerprint density at radius 2 is 1.79 bits per heavy atom. The van der Waals surface area contributed by atoms with Gasteiger partial charge in [-0.1, -0.05) is 30.5 Å². The third kappa shape index (κ3) is 2.76. The maximum absolute atomic E-state index is 6.08. The van der Waals surface area contributed by atoms with E-state index >= 15 is 0 Å². The van der Waals surface area contributed by atoms with Crippen molar-refractivity contribution in [2.45, 2.75) is 38.5 Å². The topological polar surface area (TPSA) is 43.8 Å². The number of nitrogens with two attached hydrogens (primary N) is 1. The van der Waals surface area contributed by atoms with Gasteiger partial charge in [-0.2, -0.15) is 5.10 Å². The molecule has 3 rings (SSSR count). The number of nitrogen functional groups attached to an aromatic ring is 1. The summed E-state index contributed by atoms with van der Waals surface area (Å²) in [4.78, 5) is 0. The molecule has 2 N–H and O–H groups in total. The summed E-state index contributed by atoms with van der Waals surface area (Å²) < 4.78 is 1.85. The summed E-state index contributed by atoms with van der Waals surface area (Å²) in [5.41, 5.74) is 9.53. The first-order valence-electron chi connectivity index (χ1n) is 6.66.